The smallest absolute Gasteiger partial charge is 0.338 e. The molecule has 7 nitrogen and oxygen atoms in total. The second-order valence-corrected chi connectivity index (χ2v) is 12.2. The van der Waals surface area contributed by atoms with Crippen LogP contribution in [-0.2, 0) is 16.1 Å². The van der Waals surface area contributed by atoms with Crippen molar-refractivity contribution in [1.29, 1.82) is 0 Å². The van der Waals surface area contributed by atoms with Gasteiger partial charge in [0.05, 0.1) is 35.6 Å². The topological polar surface area (TPSA) is 79.1 Å². The molecule has 4 aromatic carbocycles. The molecule has 0 bridgehead atoms. The van der Waals surface area contributed by atoms with E-state index in [4.69, 9.17) is 42.4 Å². The van der Waals surface area contributed by atoms with Crippen molar-refractivity contribution >= 4 is 52.3 Å². The normalized spacial score (nSPS) is 14.4. The first-order chi connectivity index (χ1) is 22.4. The predicted molar refractivity (Wildman–Crippen MR) is 181 cm³/mol. The molecule has 0 fully saturated rings. The quantitative estimate of drug-likeness (QED) is 0.161. The van der Waals surface area contributed by atoms with E-state index in [0.29, 0.717) is 42.1 Å². The Balaban J connectivity index is 1.43. The zero-order chi connectivity index (χ0) is 32.2. The first kappa shape index (κ1) is 31.4. The molecule has 2 heterocycles. The highest BCUT2D eigenvalue weighted by Gasteiger charge is 2.35. The van der Waals surface area contributed by atoms with E-state index in [2.05, 4.69) is 0 Å². The van der Waals surface area contributed by atoms with Crippen LogP contribution < -0.4 is 24.4 Å². The molecule has 1 aliphatic rings. The van der Waals surface area contributed by atoms with E-state index in [1.807, 2.05) is 91.0 Å². The van der Waals surface area contributed by atoms with Crippen molar-refractivity contribution in [3.8, 4) is 11.5 Å². The molecule has 0 N–H and O–H groups in total. The summed E-state index contributed by atoms with van der Waals surface area (Å²) in [4.78, 5) is 33.1. The van der Waals surface area contributed by atoms with E-state index in [1.54, 1.807) is 30.7 Å². The summed E-state index contributed by atoms with van der Waals surface area (Å²) < 4.78 is 19.0. The number of aromatic nitrogens is 1. The average molecular weight is 672 g/mol. The third-order valence-electron chi connectivity index (χ3n) is 7.37. The molecule has 1 atom stereocenters. The number of methoxy groups -OCH3 is 1. The van der Waals surface area contributed by atoms with Gasteiger partial charge in [-0.1, -0.05) is 95.2 Å². The molecule has 232 valence electrons. The number of carbonyl (C=O) groups excluding carboxylic acids is 1. The predicted octanol–water partition coefficient (Wildman–Crippen LogP) is 6.83. The minimum absolute atomic E-state index is 0.173. The number of rotatable bonds is 9. The Kier molecular flexibility index (Phi) is 9.40. The summed E-state index contributed by atoms with van der Waals surface area (Å²) >= 11 is 13.5. The summed E-state index contributed by atoms with van der Waals surface area (Å²) in [5.41, 5.74) is 3.52. The van der Waals surface area contributed by atoms with Gasteiger partial charge in [0.25, 0.3) is 5.56 Å². The molecule has 5 aromatic rings. The van der Waals surface area contributed by atoms with Gasteiger partial charge in [0.1, 0.15) is 18.1 Å². The van der Waals surface area contributed by atoms with E-state index >= 15 is 0 Å². The third-order valence-corrected chi connectivity index (χ3v) is 8.94. The van der Waals surface area contributed by atoms with Gasteiger partial charge in [-0.2, -0.15) is 0 Å². The van der Waals surface area contributed by atoms with Gasteiger partial charge in [-0.15, -0.1) is 0 Å². The highest BCUT2D eigenvalue weighted by molar-refractivity contribution is 7.07. The number of nitrogens with zero attached hydrogens (tertiary/aromatic N) is 2. The van der Waals surface area contributed by atoms with Gasteiger partial charge < -0.3 is 14.2 Å². The maximum Gasteiger partial charge on any atom is 0.338 e. The van der Waals surface area contributed by atoms with Crippen molar-refractivity contribution in [2.45, 2.75) is 19.6 Å². The number of ether oxygens (including phenoxy) is 3. The Morgan fingerprint density at radius 3 is 2.46 bits per heavy atom. The number of carbonyl (C=O) groups is 1. The number of hydrogen-bond acceptors (Lipinski definition) is 7. The Bertz CT molecular complexity index is 2120. The largest absolute Gasteiger partial charge is 0.497 e. The fraction of sp³-hybridized carbons (Fsp3) is 0.139. The van der Waals surface area contributed by atoms with Crippen molar-refractivity contribution in [2.75, 3.05) is 13.7 Å². The minimum Gasteiger partial charge on any atom is -0.497 e. The van der Waals surface area contributed by atoms with Crippen LogP contribution in [0.1, 0.15) is 35.2 Å². The van der Waals surface area contributed by atoms with Gasteiger partial charge in [0.2, 0.25) is 0 Å². The van der Waals surface area contributed by atoms with Crippen molar-refractivity contribution < 1.29 is 19.0 Å². The molecular formula is C36H28Cl2N2O5S. The summed E-state index contributed by atoms with van der Waals surface area (Å²) in [6.45, 7) is 2.20. The summed E-state index contributed by atoms with van der Waals surface area (Å²) in [6, 6.07) is 28.7. The minimum atomic E-state index is -0.793. The van der Waals surface area contributed by atoms with Crippen LogP contribution in [-0.4, -0.2) is 24.3 Å². The molecule has 6 rings (SSSR count). The Morgan fingerprint density at radius 2 is 1.74 bits per heavy atom. The van der Waals surface area contributed by atoms with Crippen LogP contribution in [0.3, 0.4) is 0 Å². The average Bonchev–Trinajstić information content (AvgIpc) is 3.38. The van der Waals surface area contributed by atoms with Crippen molar-refractivity contribution in [1.82, 2.24) is 4.57 Å². The fourth-order valence-corrected chi connectivity index (χ4v) is 6.64. The van der Waals surface area contributed by atoms with Crippen LogP contribution in [0.15, 0.2) is 112 Å². The van der Waals surface area contributed by atoms with Crippen LogP contribution in [0.5, 0.6) is 11.5 Å². The monoisotopic (exact) mass is 670 g/mol. The number of halogens is 2. The van der Waals surface area contributed by atoms with Crippen molar-refractivity contribution in [2.24, 2.45) is 4.99 Å². The molecule has 46 heavy (non-hydrogen) atoms. The van der Waals surface area contributed by atoms with E-state index < -0.39 is 12.0 Å². The first-order valence-corrected chi connectivity index (χ1v) is 16.0. The highest BCUT2D eigenvalue weighted by atomic mass is 35.5. The van der Waals surface area contributed by atoms with E-state index in [-0.39, 0.29) is 24.3 Å². The zero-order valence-electron chi connectivity index (χ0n) is 24.9. The number of hydrogen-bond donors (Lipinski definition) is 0. The number of benzene rings is 4. The Labute approximate surface area is 279 Å². The number of thiazole rings is 1. The molecule has 0 saturated carbocycles. The Morgan fingerprint density at radius 1 is 0.957 bits per heavy atom. The third kappa shape index (κ3) is 6.51. The van der Waals surface area contributed by atoms with Crippen LogP contribution in [0, 0.1) is 0 Å². The zero-order valence-corrected chi connectivity index (χ0v) is 27.2. The summed E-state index contributed by atoms with van der Waals surface area (Å²) in [5.74, 6) is 0.707. The summed E-state index contributed by atoms with van der Waals surface area (Å²) in [6.07, 6.45) is 1.81. The lowest BCUT2D eigenvalue weighted by atomic mass is 9.93. The van der Waals surface area contributed by atoms with Gasteiger partial charge in [-0.25, -0.2) is 9.79 Å². The maximum absolute atomic E-state index is 14.1. The fourth-order valence-electron chi connectivity index (χ4n) is 5.18. The van der Waals surface area contributed by atoms with Gasteiger partial charge in [0, 0.05) is 21.2 Å². The molecule has 1 aliphatic heterocycles. The molecule has 0 unspecified atom stereocenters. The standard InChI is InChI=1S/C36H28Cl2N2O5S/c1-3-44-35(42)31-32(23-8-5-4-6-9-23)39-36-40(33(31)24-10-7-11-28(19-24)43-2)34(41)30(46-36)18-22-12-16-27(17-13-22)45-21-25-14-15-26(37)20-29(25)38/h4-20,33H,3,21H2,1-2H3/b30-18-/t33-/m1/s1. The lowest BCUT2D eigenvalue weighted by Crippen LogP contribution is -2.40. The maximum atomic E-state index is 14.1. The molecular weight excluding hydrogens is 643 g/mol. The number of fused-ring (bicyclic) bond motifs is 1. The lowest BCUT2D eigenvalue weighted by Gasteiger charge is -2.26. The highest BCUT2D eigenvalue weighted by Crippen LogP contribution is 2.36. The van der Waals surface area contributed by atoms with Gasteiger partial charge in [-0.05, 0) is 60.5 Å². The molecule has 1 aromatic heterocycles. The number of esters is 1. The molecule has 10 heteroatoms. The molecule has 0 spiro atoms. The lowest BCUT2D eigenvalue weighted by molar-refractivity contribution is -0.138. The van der Waals surface area contributed by atoms with Crippen molar-refractivity contribution in [3.63, 3.8) is 0 Å². The van der Waals surface area contributed by atoms with Crippen LogP contribution in [0.2, 0.25) is 10.0 Å². The SMILES string of the molecule is CCOC(=O)C1=C(c2ccccc2)N=c2s/c(=C\c3ccc(OCc4ccc(Cl)cc4Cl)cc3)c(=O)n2[C@@H]1c1cccc(OC)c1. The van der Waals surface area contributed by atoms with Crippen molar-refractivity contribution in [3.05, 3.63) is 155 Å². The van der Waals surface area contributed by atoms with Crippen LogP contribution in [0.25, 0.3) is 11.8 Å². The molecule has 0 saturated heterocycles. The van der Waals surface area contributed by atoms with Gasteiger partial charge in [-0.3, -0.25) is 9.36 Å². The van der Waals surface area contributed by atoms with Gasteiger partial charge in [0.15, 0.2) is 4.80 Å². The van der Waals surface area contributed by atoms with Crippen LogP contribution >= 0.6 is 34.5 Å². The molecule has 0 amide bonds. The first-order valence-electron chi connectivity index (χ1n) is 14.5. The summed E-state index contributed by atoms with van der Waals surface area (Å²) in [7, 11) is 1.57. The Hall–Kier alpha value is -4.63. The van der Waals surface area contributed by atoms with E-state index in [1.165, 1.54) is 11.3 Å². The van der Waals surface area contributed by atoms with Gasteiger partial charge >= 0.3 is 5.97 Å². The van der Waals surface area contributed by atoms with E-state index in [9.17, 15) is 9.59 Å². The summed E-state index contributed by atoms with van der Waals surface area (Å²) in [5, 5.41) is 1.10. The van der Waals surface area contributed by atoms with E-state index in [0.717, 1.165) is 16.7 Å². The second kappa shape index (κ2) is 13.8. The molecule has 0 radical (unpaired) electrons. The second-order valence-electron chi connectivity index (χ2n) is 10.3. The van der Waals surface area contributed by atoms with Crippen LogP contribution in [0.4, 0.5) is 0 Å². The molecule has 0 aliphatic carbocycles.